The molecule has 0 unspecified atom stereocenters. The van der Waals surface area contributed by atoms with Crippen molar-refractivity contribution in [1.29, 1.82) is 5.26 Å². The molecule has 2 heterocycles. The average Bonchev–Trinajstić information content (AvgIpc) is 3.66. The van der Waals surface area contributed by atoms with Crippen LogP contribution < -0.4 is 0 Å². The fourth-order valence-electron chi connectivity index (χ4n) is 4.30. The third-order valence-corrected chi connectivity index (χ3v) is 7.10. The second kappa shape index (κ2) is 10.5. The molecule has 0 atom stereocenters. The molecule has 4 nitrogen and oxygen atoms in total. The maximum Gasteiger partial charge on any atom is 0.134 e. The Kier molecular flexibility index (Phi) is 6.46. The predicted octanol–water partition coefficient (Wildman–Crippen LogP) is 8.39. The van der Waals surface area contributed by atoms with E-state index in [-0.39, 0.29) is 0 Å². The van der Waals surface area contributed by atoms with E-state index in [1.807, 2.05) is 107 Å². The molecular weight excluding hydrogens is 484 g/mol. The molecule has 0 aliphatic carbocycles. The number of hydrogen-bond acceptors (Lipinski definition) is 4. The fourth-order valence-corrected chi connectivity index (χ4v) is 5.10. The van der Waals surface area contributed by atoms with Gasteiger partial charge in [-0.1, -0.05) is 103 Å². The van der Waals surface area contributed by atoms with Gasteiger partial charge in [0.2, 0.25) is 0 Å². The van der Waals surface area contributed by atoms with Crippen molar-refractivity contribution in [3.63, 3.8) is 0 Å². The second-order valence-corrected chi connectivity index (χ2v) is 9.58. The smallest absolute Gasteiger partial charge is 0.134 e. The van der Waals surface area contributed by atoms with Gasteiger partial charge in [-0.25, -0.2) is 9.67 Å². The van der Waals surface area contributed by atoms with Crippen LogP contribution in [0.25, 0.3) is 51.1 Å². The van der Waals surface area contributed by atoms with Gasteiger partial charge in [0.15, 0.2) is 0 Å². The first-order valence-corrected chi connectivity index (χ1v) is 13.1. The molecule has 0 amide bonds. The molecule has 6 rings (SSSR count). The quantitative estimate of drug-likeness (QED) is 0.213. The molecule has 0 spiro atoms. The summed E-state index contributed by atoms with van der Waals surface area (Å²) in [5.41, 5.74) is 8.43. The van der Waals surface area contributed by atoms with Crippen LogP contribution in [0, 0.1) is 11.3 Å². The molecule has 0 saturated carbocycles. The molecule has 0 bridgehead atoms. The Morgan fingerprint density at radius 1 is 0.711 bits per heavy atom. The lowest BCUT2D eigenvalue weighted by molar-refractivity contribution is 0.892. The van der Waals surface area contributed by atoms with Gasteiger partial charge >= 0.3 is 0 Å². The number of nitriles is 1. The number of allylic oxidation sites excluding steroid dienone is 1. The lowest BCUT2D eigenvalue weighted by Crippen LogP contribution is -1.99. The SMILES string of the molecule is N#C/C(=C\c1ccc(-n2nc(-c3ccccc3)cc2-c2ccccc2)cc1)c1nc(-c2ccccc2)cs1. The van der Waals surface area contributed by atoms with E-state index >= 15 is 0 Å². The van der Waals surface area contributed by atoms with E-state index in [4.69, 9.17) is 10.1 Å². The summed E-state index contributed by atoms with van der Waals surface area (Å²) in [5, 5.41) is 17.5. The van der Waals surface area contributed by atoms with Crippen molar-refractivity contribution in [3.8, 4) is 45.5 Å². The van der Waals surface area contributed by atoms with Crippen molar-refractivity contribution in [1.82, 2.24) is 14.8 Å². The average molecular weight is 507 g/mol. The number of benzene rings is 4. The van der Waals surface area contributed by atoms with Gasteiger partial charge in [0.1, 0.15) is 11.1 Å². The highest BCUT2D eigenvalue weighted by Gasteiger charge is 2.13. The molecular formula is C33H22N4S. The number of nitrogens with zero attached hydrogens (tertiary/aromatic N) is 4. The van der Waals surface area contributed by atoms with Crippen LogP contribution in [0.4, 0.5) is 0 Å². The van der Waals surface area contributed by atoms with Crippen molar-refractivity contribution in [2.45, 2.75) is 0 Å². The zero-order valence-corrected chi connectivity index (χ0v) is 21.2. The lowest BCUT2D eigenvalue weighted by Gasteiger charge is -2.08. The third kappa shape index (κ3) is 4.81. The first-order chi connectivity index (χ1) is 18.8. The Hall–Kier alpha value is -5.05. The van der Waals surface area contributed by atoms with Crippen LogP contribution in [-0.2, 0) is 0 Å². The molecule has 0 radical (unpaired) electrons. The number of aromatic nitrogens is 3. The van der Waals surface area contributed by atoms with Crippen LogP contribution in [0.5, 0.6) is 0 Å². The van der Waals surface area contributed by atoms with Crippen LogP contribution in [0.15, 0.2) is 127 Å². The first kappa shape index (κ1) is 23.4. The van der Waals surface area contributed by atoms with Crippen LogP contribution in [0.1, 0.15) is 10.6 Å². The Morgan fingerprint density at radius 2 is 1.29 bits per heavy atom. The van der Waals surface area contributed by atoms with E-state index in [2.05, 4.69) is 36.4 Å². The maximum atomic E-state index is 9.86. The first-order valence-electron chi connectivity index (χ1n) is 12.2. The molecule has 0 saturated heterocycles. The normalized spacial score (nSPS) is 11.3. The van der Waals surface area contributed by atoms with Crippen LogP contribution in [-0.4, -0.2) is 14.8 Å². The van der Waals surface area contributed by atoms with Crippen molar-refractivity contribution in [2.75, 3.05) is 0 Å². The Bertz CT molecular complexity index is 1740. The summed E-state index contributed by atoms with van der Waals surface area (Å²) in [6, 6.07) is 43.0. The van der Waals surface area contributed by atoms with Crippen LogP contribution >= 0.6 is 11.3 Å². The summed E-state index contributed by atoms with van der Waals surface area (Å²) in [6.07, 6.45) is 1.88. The van der Waals surface area contributed by atoms with Gasteiger partial charge in [-0.3, -0.25) is 0 Å². The van der Waals surface area contributed by atoms with Crippen molar-refractivity contribution >= 4 is 23.0 Å². The molecule has 0 N–H and O–H groups in total. The van der Waals surface area contributed by atoms with E-state index < -0.39 is 0 Å². The van der Waals surface area contributed by atoms with E-state index in [0.717, 1.165) is 45.0 Å². The van der Waals surface area contributed by atoms with Gasteiger partial charge in [-0.15, -0.1) is 11.3 Å². The van der Waals surface area contributed by atoms with Gasteiger partial charge in [-0.2, -0.15) is 10.4 Å². The van der Waals surface area contributed by atoms with Crippen molar-refractivity contribution < 1.29 is 0 Å². The maximum absolute atomic E-state index is 9.86. The topological polar surface area (TPSA) is 54.5 Å². The van der Waals surface area contributed by atoms with E-state index in [1.165, 1.54) is 11.3 Å². The Labute approximate surface area is 225 Å². The van der Waals surface area contributed by atoms with Crippen LogP contribution in [0.3, 0.4) is 0 Å². The molecule has 5 heteroatoms. The van der Waals surface area contributed by atoms with Crippen LogP contribution in [0.2, 0.25) is 0 Å². The molecule has 180 valence electrons. The highest BCUT2D eigenvalue weighted by Crippen LogP contribution is 2.30. The fraction of sp³-hybridized carbons (Fsp3) is 0. The molecule has 0 aliphatic rings. The van der Waals surface area contributed by atoms with Crippen molar-refractivity contribution in [2.24, 2.45) is 0 Å². The minimum absolute atomic E-state index is 0.542. The zero-order chi connectivity index (χ0) is 25.7. The minimum atomic E-state index is 0.542. The summed E-state index contributed by atoms with van der Waals surface area (Å²) in [7, 11) is 0. The van der Waals surface area contributed by atoms with Gasteiger partial charge in [0.25, 0.3) is 0 Å². The highest BCUT2D eigenvalue weighted by atomic mass is 32.1. The van der Waals surface area contributed by atoms with Crippen molar-refractivity contribution in [3.05, 3.63) is 137 Å². The summed E-state index contributed by atoms with van der Waals surface area (Å²) in [4.78, 5) is 4.70. The Morgan fingerprint density at radius 3 is 1.89 bits per heavy atom. The molecule has 0 aliphatic heterocycles. The summed E-state index contributed by atoms with van der Waals surface area (Å²) >= 11 is 1.48. The summed E-state index contributed by atoms with van der Waals surface area (Å²) in [5.74, 6) is 0. The lowest BCUT2D eigenvalue weighted by atomic mass is 10.1. The number of thiazole rings is 1. The molecule has 6 aromatic rings. The molecule has 0 fully saturated rings. The molecule has 38 heavy (non-hydrogen) atoms. The Balaban J connectivity index is 1.33. The van der Waals surface area contributed by atoms with Gasteiger partial charge < -0.3 is 0 Å². The highest BCUT2D eigenvalue weighted by molar-refractivity contribution is 7.11. The monoisotopic (exact) mass is 506 g/mol. The summed E-state index contributed by atoms with van der Waals surface area (Å²) in [6.45, 7) is 0. The zero-order valence-electron chi connectivity index (χ0n) is 20.4. The number of hydrogen-bond donors (Lipinski definition) is 0. The molecule has 4 aromatic carbocycles. The summed E-state index contributed by atoms with van der Waals surface area (Å²) < 4.78 is 1.98. The third-order valence-electron chi connectivity index (χ3n) is 6.22. The van der Waals surface area contributed by atoms with Gasteiger partial charge in [0.05, 0.1) is 28.3 Å². The van der Waals surface area contributed by atoms with E-state index in [0.29, 0.717) is 10.6 Å². The van der Waals surface area contributed by atoms with Gasteiger partial charge in [0, 0.05) is 22.1 Å². The second-order valence-electron chi connectivity index (χ2n) is 8.72. The predicted molar refractivity (Wildman–Crippen MR) is 155 cm³/mol. The van der Waals surface area contributed by atoms with E-state index in [9.17, 15) is 5.26 Å². The number of rotatable bonds is 6. The molecule has 2 aromatic heterocycles. The largest absolute Gasteiger partial charge is 0.235 e. The minimum Gasteiger partial charge on any atom is -0.235 e. The standard InChI is InChI=1S/C33H22N4S/c34-22-28(33-35-31(23-38-33)26-12-6-2-7-13-26)20-24-16-18-29(19-17-24)37-32(27-14-8-3-9-15-27)21-30(36-37)25-10-4-1-5-11-25/h1-21,23H/b28-20+. The van der Waals surface area contributed by atoms with Gasteiger partial charge in [-0.05, 0) is 29.8 Å². The van der Waals surface area contributed by atoms with E-state index in [1.54, 1.807) is 0 Å².